The van der Waals surface area contributed by atoms with Gasteiger partial charge in [0.1, 0.15) is 0 Å². The summed E-state index contributed by atoms with van der Waals surface area (Å²) in [6.07, 6.45) is 8.29. The predicted molar refractivity (Wildman–Crippen MR) is 159 cm³/mol. The summed E-state index contributed by atoms with van der Waals surface area (Å²) >= 11 is 16.4. The number of hydrogen-bond acceptors (Lipinski definition) is 8. The van der Waals surface area contributed by atoms with Gasteiger partial charge in [-0.05, 0) is 42.9 Å². The molecule has 1 fully saturated rings. The van der Waals surface area contributed by atoms with Crippen LogP contribution in [0, 0.1) is 5.92 Å². The van der Waals surface area contributed by atoms with E-state index in [1.54, 1.807) is 4.90 Å². The minimum atomic E-state index is -0.0828. The van der Waals surface area contributed by atoms with Crippen molar-refractivity contribution in [3.8, 4) is 0 Å². The Hall–Kier alpha value is 1.24. The van der Waals surface area contributed by atoms with E-state index in [9.17, 15) is 9.59 Å². The van der Waals surface area contributed by atoms with Crippen LogP contribution < -0.4 is 0 Å². The second-order valence-electron chi connectivity index (χ2n) is 7.99. The number of nitrogens with zero attached hydrogens (tertiary/aromatic N) is 1. The van der Waals surface area contributed by atoms with Crippen molar-refractivity contribution in [1.29, 1.82) is 0 Å². The second kappa shape index (κ2) is 21.5. The average Bonchev–Trinajstić information content (AvgIpc) is 3.06. The third-order valence-corrected chi connectivity index (χ3v) is 11.4. The molecule has 2 amide bonds. The van der Waals surface area contributed by atoms with Crippen molar-refractivity contribution in [3.63, 3.8) is 0 Å². The zero-order valence-corrected chi connectivity index (χ0v) is 24.7. The smallest absolute Gasteiger partial charge is 0.232 e. The standard InChI is InChI=1S/C23H43NO2S6/c1-2-3-4-6-21(32-18-17-31-14-11-28)8-7-20-19-22(25)24(23(20)26)9-5-12-29-15-16-30-13-10-27/h20-21,27-28H,2-19H2,1H3. The van der Waals surface area contributed by atoms with E-state index in [2.05, 4.69) is 43.9 Å². The Labute approximate surface area is 225 Å². The van der Waals surface area contributed by atoms with Crippen LogP contribution in [0.15, 0.2) is 0 Å². The summed E-state index contributed by atoms with van der Waals surface area (Å²) in [6.45, 7) is 2.84. The largest absolute Gasteiger partial charge is 0.282 e. The summed E-state index contributed by atoms with van der Waals surface area (Å²) in [4.78, 5) is 26.8. The molecule has 0 bridgehead atoms. The molecule has 1 saturated heterocycles. The van der Waals surface area contributed by atoms with E-state index >= 15 is 0 Å². The lowest BCUT2D eigenvalue weighted by Crippen LogP contribution is -2.32. The van der Waals surface area contributed by atoms with Gasteiger partial charge in [-0.25, -0.2) is 0 Å². The van der Waals surface area contributed by atoms with Crippen molar-refractivity contribution >= 4 is 84.1 Å². The lowest BCUT2D eigenvalue weighted by atomic mass is 9.98. The topological polar surface area (TPSA) is 37.4 Å². The van der Waals surface area contributed by atoms with Crippen molar-refractivity contribution in [2.75, 3.05) is 58.3 Å². The second-order valence-corrected chi connectivity index (χ2v) is 14.0. The first-order valence-corrected chi connectivity index (χ1v) is 17.8. The van der Waals surface area contributed by atoms with Crippen LogP contribution in [-0.2, 0) is 9.59 Å². The predicted octanol–water partition coefficient (Wildman–Crippen LogP) is 6.27. The molecule has 0 saturated carbocycles. The molecule has 3 nitrogen and oxygen atoms in total. The number of imide groups is 1. The van der Waals surface area contributed by atoms with Gasteiger partial charge in [0, 0.05) is 58.7 Å². The van der Waals surface area contributed by atoms with Gasteiger partial charge in [0.15, 0.2) is 0 Å². The number of carbonyl (C=O) groups excluding carboxylic acids is 2. The first-order chi connectivity index (χ1) is 15.6. The number of thiol groups is 2. The van der Waals surface area contributed by atoms with Gasteiger partial charge >= 0.3 is 0 Å². The Morgan fingerprint density at radius 2 is 1.53 bits per heavy atom. The quantitative estimate of drug-likeness (QED) is 0.0928. The zero-order valence-electron chi connectivity index (χ0n) is 19.7. The van der Waals surface area contributed by atoms with Gasteiger partial charge in [0.2, 0.25) is 11.8 Å². The number of rotatable bonds is 22. The maximum absolute atomic E-state index is 12.8. The van der Waals surface area contributed by atoms with Gasteiger partial charge in [-0.2, -0.15) is 72.3 Å². The van der Waals surface area contributed by atoms with Crippen LogP contribution in [0.25, 0.3) is 0 Å². The van der Waals surface area contributed by atoms with Crippen LogP contribution in [0.1, 0.15) is 58.3 Å². The summed E-state index contributed by atoms with van der Waals surface area (Å²) in [6, 6.07) is 0. The first-order valence-electron chi connectivity index (χ1n) is 12.0. The molecular formula is C23H43NO2S6. The fourth-order valence-corrected chi connectivity index (χ4v) is 8.43. The molecule has 0 aliphatic carbocycles. The number of amides is 2. The molecule has 0 radical (unpaired) electrons. The molecule has 0 spiro atoms. The lowest BCUT2D eigenvalue weighted by molar-refractivity contribution is -0.139. The SMILES string of the molecule is CCCCCC(CCC1CC(=O)N(CCCSCCSCCS)C1=O)SCCSCCS. The molecule has 1 aliphatic rings. The van der Waals surface area contributed by atoms with Crippen LogP contribution in [0.4, 0.5) is 0 Å². The Balaban J connectivity index is 2.31. The van der Waals surface area contributed by atoms with Crippen molar-refractivity contribution in [2.45, 2.75) is 63.5 Å². The fourth-order valence-electron chi connectivity index (χ4n) is 3.68. The maximum Gasteiger partial charge on any atom is 0.232 e. The molecule has 1 heterocycles. The van der Waals surface area contributed by atoms with Crippen LogP contribution in [0.5, 0.6) is 0 Å². The first kappa shape index (κ1) is 31.3. The van der Waals surface area contributed by atoms with E-state index in [1.165, 1.54) is 37.2 Å². The highest BCUT2D eigenvalue weighted by molar-refractivity contribution is 8.03. The Morgan fingerprint density at radius 1 is 0.875 bits per heavy atom. The highest BCUT2D eigenvalue weighted by Gasteiger charge is 2.37. The molecule has 0 N–H and O–H groups in total. The molecule has 1 rings (SSSR count). The van der Waals surface area contributed by atoms with Crippen LogP contribution in [0.3, 0.4) is 0 Å². The highest BCUT2D eigenvalue weighted by atomic mass is 32.2. The minimum absolute atomic E-state index is 0.0488. The zero-order chi connectivity index (χ0) is 23.4. The summed E-state index contributed by atoms with van der Waals surface area (Å²) in [5.74, 6) is 9.80. The molecule has 32 heavy (non-hydrogen) atoms. The summed E-state index contributed by atoms with van der Waals surface area (Å²) in [7, 11) is 0. The van der Waals surface area contributed by atoms with Gasteiger partial charge in [-0.15, -0.1) is 0 Å². The van der Waals surface area contributed by atoms with Crippen molar-refractivity contribution in [2.24, 2.45) is 5.92 Å². The minimum Gasteiger partial charge on any atom is -0.282 e. The van der Waals surface area contributed by atoms with Gasteiger partial charge in [-0.1, -0.05) is 26.2 Å². The average molecular weight is 558 g/mol. The molecule has 188 valence electrons. The number of likely N-dealkylation sites (tertiary alicyclic amines) is 1. The number of carbonyl (C=O) groups is 2. The lowest BCUT2D eigenvalue weighted by Gasteiger charge is -2.19. The van der Waals surface area contributed by atoms with Gasteiger partial charge in [0.05, 0.1) is 0 Å². The number of unbranched alkanes of at least 4 members (excludes halogenated alkanes) is 2. The van der Waals surface area contributed by atoms with E-state index in [4.69, 9.17) is 0 Å². The molecule has 0 aromatic heterocycles. The molecule has 1 aliphatic heterocycles. The molecule has 2 unspecified atom stereocenters. The van der Waals surface area contributed by atoms with Crippen molar-refractivity contribution in [1.82, 2.24) is 4.90 Å². The number of thioether (sulfide) groups is 4. The van der Waals surface area contributed by atoms with Gasteiger partial charge in [0.25, 0.3) is 0 Å². The third-order valence-electron chi connectivity index (χ3n) is 5.40. The number of hydrogen-bond donors (Lipinski definition) is 2. The summed E-state index contributed by atoms with van der Waals surface area (Å²) < 4.78 is 0. The van der Waals surface area contributed by atoms with Crippen LogP contribution in [0.2, 0.25) is 0 Å². The Kier molecular flexibility index (Phi) is 21.0. The highest BCUT2D eigenvalue weighted by Crippen LogP contribution is 2.30. The van der Waals surface area contributed by atoms with Crippen LogP contribution >= 0.6 is 72.3 Å². The van der Waals surface area contributed by atoms with E-state index in [1.807, 2.05) is 35.3 Å². The van der Waals surface area contributed by atoms with Crippen LogP contribution in [-0.4, -0.2) is 80.3 Å². The Bertz CT molecular complexity index is 497. The van der Waals surface area contributed by atoms with E-state index in [0.29, 0.717) is 18.2 Å². The van der Waals surface area contributed by atoms with E-state index in [0.717, 1.165) is 59.5 Å². The maximum atomic E-state index is 12.8. The van der Waals surface area contributed by atoms with Crippen molar-refractivity contribution < 1.29 is 9.59 Å². The molecule has 9 heteroatoms. The fraction of sp³-hybridized carbons (Fsp3) is 0.913. The molecular weight excluding hydrogens is 515 g/mol. The van der Waals surface area contributed by atoms with E-state index < -0.39 is 0 Å². The van der Waals surface area contributed by atoms with Gasteiger partial charge < -0.3 is 0 Å². The normalized spacial score (nSPS) is 17.5. The monoisotopic (exact) mass is 557 g/mol. The van der Waals surface area contributed by atoms with E-state index in [-0.39, 0.29) is 17.7 Å². The molecule has 2 atom stereocenters. The summed E-state index contributed by atoms with van der Waals surface area (Å²) in [5.41, 5.74) is 0. The Morgan fingerprint density at radius 3 is 2.19 bits per heavy atom. The molecule has 0 aromatic carbocycles. The molecule has 0 aromatic rings. The van der Waals surface area contributed by atoms with Crippen molar-refractivity contribution in [3.05, 3.63) is 0 Å². The summed E-state index contributed by atoms with van der Waals surface area (Å²) in [5, 5.41) is 0.618. The third kappa shape index (κ3) is 14.6. The van der Waals surface area contributed by atoms with Gasteiger partial charge in [-0.3, -0.25) is 14.5 Å².